The number of nitrogens with zero attached hydrogens (tertiary/aromatic N) is 2. The van der Waals surface area contributed by atoms with Gasteiger partial charge in [-0.1, -0.05) is 24.3 Å². The van der Waals surface area contributed by atoms with E-state index in [1.54, 1.807) is 18.3 Å². The van der Waals surface area contributed by atoms with E-state index in [4.69, 9.17) is 4.74 Å². The van der Waals surface area contributed by atoms with Crippen molar-refractivity contribution in [3.8, 4) is 0 Å². The first-order chi connectivity index (χ1) is 16.7. The van der Waals surface area contributed by atoms with Crippen LogP contribution < -0.4 is 15.5 Å². The van der Waals surface area contributed by atoms with E-state index in [9.17, 15) is 9.59 Å². The lowest BCUT2D eigenvalue weighted by atomic mass is 10.0. The van der Waals surface area contributed by atoms with Gasteiger partial charge in [0.25, 0.3) is 5.91 Å². The van der Waals surface area contributed by atoms with Crippen molar-refractivity contribution in [1.29, 1.82) is 0 Å². The molecule has 34 heavy (non-hydrogen) atoms. The number of benzene rings is 1. The fourth-order valence-corrected chi connectivity index (χ4v) is 4.68. The molecule has 0 unspecified atom stereocenters. The topological polar surface area (TPSA) is 99.3 Å². The molecule has 174 valence electrons. The maximum Gasteiger partial charge on any atom is 0.262 e. The molecule has 1 atom stereocenters. The number of anilines is 2. The number of aromatic amines is 1. The van der Waals surface area contributed by atoms with E-state index in [1.165, 1.54) is 11.3 Å². The van der Waals surface area contributed by atoms with Crippen LogP contribution in [0.15, 0.2) is 66.3 Å². The monoisotopic (exact) mass is 475 g/mol. The van der Waals surface area contributed by atoms with E-state index in [0.29, 0.717) is 30.3 Å². The molecule has 3 N–H and O–H groups in total. The third-order valence-electron chi connectivity index (χ3n) is 5.84. The number of hydrogen-bond acceptors (Lipinski definition) is 6. The quantitative estimate of drug-likeness (QED) is 0.380. The summed E-state index contributed by atoms with van der Waals surface area (Å²) >= 11 is 1.34. The van der Waals surface area contributed by atoms with Gasteiger partial charge in [-0.3, -0.25) is 9.59 Å². The van der Waals surface area contributed by atoms with Crippen molar-refractivity contribution in [3.63, 3.8) is 0 Å². The molecule has 0 bridgehead atoms. The molecule has 1 aromatic carbocycles. The Kier molecular flexibility index (Phi) is 6.55. The van der Waals surface area contributed by atoms with Gasteiger partial charge in [0, 0.05) is 36.6 Å². The maximum absolute atomic E-state index is 13.3. The maximum atomic E-state index is 13.3. The van der Waals surface area contributed by atoms with Gasteiger partial charge in [0.15, 0.2) is 0 Å². The number of nitrogens with one attached hydrogen (secondary N) is 3. The van der Waals surface area contributed by atoms with E-state index >= 15 is 0 Å². The Labute approximate surface area is 201 Å². The summed E-state index contributed by atoms with van der Waals surface area (Å²) < 4.78 is 5.40. The second-order valence-electron chi connectivity index (χ2n) is 8.06. The Bertz CT molecular complexity index is 1260. The van der Waals surface area contributed by atoms with E-state index in [0.717, 1.165) is 35.2 Å². The normalized spacial score (nSPS) is 14.6. The van der Waals surface area contributed by atoms with Crippen LogP contribution in [0.5, 0.6) is 0 Å². The molecule has 0 radical (unpaired) electrons. The number of aromatic nitrogens is 2. The fourth-order valence-electron chi connectivity index (χ4n) is 4.05. The Morgan fingerprint density at radius 1 is 1.12 bits per heavy atom. The van der Waals surface area contributed by atoms with Gasteiger partial charge >= 0.3 is 0 Å². The Morgan fingerprint density at radius 2 is 1.97 bits per heavy atom. The standard InChI is InChI=1S/C25H25N5O3S/c31-24(29-23-8-7-18(16-27-23)30-9-11-33-12-10-30)21(28-25(32)22-6-3-13-34-22)14-17-15-26-20-5-2-1-4-19(17)20/h1-8,13,15-16,21,26H,9-12,14H2,(H,28,32)(H,27,29,31)/t21-/m0/s1. The molecule has 1 saturated heterocycles. The molecule has 3 aromatic heterocycles. The molecule has 1 aliphatic rings. The molecule has 2 amide bonds. The van der Waals surface area contributed by atoms with Crippen molar-refractivity contribution in [2.45, 2.75) is 12.5 Å². The zero-order valence-electron chi connectivity index (χ0n) is 18.5. The molecule has 1 fully saturated rings. The highest BCUT2D eigenvalue weighted by Crippen LogP contribution is 2.21. The van der Waals surface area contributed by atoms with Crippen LogP contribution in [0, 0.1) is 0 Å². The minimum atomic E-state index is -0.769. The summed E-state index contributed by atoms with van der Waals surface area (Å²) in [4.78, 5) is 36.4. The van der Waals surface area contributed by atoms with E-state index in [2.05, 4.69) is 25.5 Å². The van der Waals surface area contributed by atoms with Crippen LogP contribution in [0.4, 0.5) is 11.5 Å². The molecule has 0 saturated carbocycles. The van der Waals surface area contributed by atoms with Crippen LogP contribution in [-0.4, -0.2) is 54.1 Å². The first-order valence-corrected chi connectivity index (χ1v) is 12.0. The zero-order valence-corrected chi connectivity index (χ0v) is 19.3. The predicted molar refractivity (Wildman–Crippen MR) is 133 cm³/mol. The van der Waals surface area contributed by atoms with Crippen LogP contribution in [0.3, 0.4) is 0 Å². The van der Waals surface area contributed by atoms with Crippen LogP contribution in [0.2, 0.25) is 0 Å². The van der Waals surface area contributed by atoms with Crippen LogP contribution in [-0.2, 0) is 16.0 Å². The van der Waals surface area contributed by atoms with Gasteiger partial charge in [-0.2, -0.15) is 0 Å². The third-order valence-corrected chi connectivity index (χ3v) is 6.71. The number of para-hydroxylation sites is 1. The number of carbonyl (C=O) groups is 2. The summed E-state index contributed by atoms with van der Waals surface area (Å²) in [6.07, 6.45) is 3.98. The SMILES string of the molecule is O=C(N[C@@H](Cc1c[nH]c2ccccc12)C(=O)Nc1ccc(N2CCOCC2)cn1)c1cccs1. The average Bonchev–Trinajstić information content (AvgIpc) is 3.55. The Balaban J connectivity index is 1.33. The van der Waals surface area contributed by atoms with Crippen molar-refractivity contribution in [2.24, 2.45) is 0 Å². The Morgan fingerprint density at radius 3 is 2.74 bits per heavy atom. The minimum absolute atomic E-state index is 0.273. The summed E-state index contributed by atoms with van der Waals surface area (Å²) in [6, 6.07) is 14.4. The van der Waals surface area contributed by atoms with Crippen molar-refractivity contribution >= 4 is 45.6 Å². The number of H-pyrrole nitrogens is 1. The highest BCUT2D eigenvalue weighted by molar-refractivity contribution is 7.12. The van der Waals surface area contributed by atoms with Gasteiger partial charge < -0.3 is 25.3 Å². The summed E-state index contributed by atoms with van der Waals surface area (Å²) in [5, 5.41) is 8.63. The molecule has 0 aliphatic carbocycles. The van der Waals surface area contributed by atoms with Gasteiger partial charge in [0.2, 0.25) is 5.91 Å². The molecule has 9 heteroatoms. The number of carbonyl (C=O) groups excluding carboxylic acids is 2. The minimum Gasteiger partial charge on any atom is -0.378 e. The molecule has 4 heterocycles. The number of thiophene rings is 1. The van der Waals surface area contributed by atoms with Crippen molar-refractivity contribution in [3.05, 3.63) is 76.7 Å². The van der Waals surface area contributed by atoms with Gasteiger partial charge in [-0.05, 0) is 35.2 Å². The average molecular weight is 476 g/mol. The van der Waals surface area contributed by atoms with Crippen LogP contribution >= 0.6 is 11.3 Å². The van der Waals surface area contributed by atoms with Gasteiger partial charge in [-0.15, -0.1) is 11.3 Å². The number of hydrogen-bond donors (Lipinski definition) is 3. The second kappa shape index (κ2) is 10.1. The van der Waals surface area contributed by atoms with Crippen LogP contribution in [0.1, 0.15) is 15.2 Å². The van der Waals surface area contributed by atoms with Crippen molar-refractivity contribution in [2.75, 3.05) is 36.5 Å². The summed E-state index contributed by atoms with van der Waals surface area (Å²) in [5.74, 6) is -0.149. The number of ether oxygens (including phenoxy) is 1. The lowest BCUT2D eigenvalue weighted by Crippen LogP contribution is -2.45. The first kappa shape index (κ1) is 22.1. The second-order valence-corrected chi connectivity index (χ2v) is 9.00. The Hall–Kier alpha value is -3.69. The van der Waals surface area contributed by atoms with Gasteiger partial charge in [-0.25, -0.2) is 4.98 Å². The van der Waals surface area contributed by atoms with Crippen LogP contribution in [0.25, 0.3) is 10.9 Å². The number of rotatable bonds is 7. The lowest BCUT2D eigenvalue weighted by molar-refractivity contribution is -0.118. The molecular formula is C25H25N5O3S. The zero-order chi connectivity index (χ0) is 23.3. The van der Waals surface area contributed by atoms with E-state index in [1.807, 2.05) is 48.0 Å². The highest BCUT2D eigenvalue weighted by atomic mass is 32.1. The van der Waals surface area contributed by atoms with Crippen molar-refractivity contribution in [1.82, 2.24) is 15.3 Å². The first-order valence-electron chi connectivity index (χ1n) is 11.2. The summed E-state index contributed by atoms with van der Waals surface area (Å²) in [7, 11) is 0. The van der Waals surface area contributed by atoms with E-state index < -0.39 is 6.04 Å². The number of amides is 2. The fraction of sp³-hybridized carbons (Fsp3) is 0.240. The summed E-state index contributed by atoms with van der Waals surface area (Å²) in [5.41, 5.74) is 2.93. The van der Waals surface area contributed by atoms with Crippen molar-refractivity contribution < 1.29 is 14.3 Å². The highest BCUT2D eigenvalue weighted by Gasteiger charge is 2.24. The number of fused-ring (bicyclic) bond motifs is 1. The lowest BCUT2D eigenvalue weighted by Gasteiger charge is -2.28. The predicted octanol–water partition coefficient (Wildman–Crippen LogP) is 3.44. The number of morpholine rings is 1. The molecule has 8 nitrogen and oxygen atoms in total. The molecule has 0 spiro atoms. The molecule has 5 rings (SSSR count). The smallest absolute Gasteiger partial charge is 0.262 e. The van der Waals surface area contributed by atoms with Gasteiger partial charge in [0.05, 0.1) is 30.0 Å². The largest absolute Gasteiger partial charge is 0.378 e. The summed E-state index contributed by atoms with van der Waals surface area (Å²) in [6.45, 7) is 3.01. The molecule has 1 aliphatic heterocycles. The third kappa shape index (κ3) is 4.95. The number of pyridine rings is 1. The molecular weight excluding hydrogens is 450 g/mol. The van der Waals surface area contributed by atoms with Gasteiger partial charge in [0.1, 0.15) is 11.9 Å². The molecule has 4 aromatic rings. The van der Waals surface area contributed by atoms with E-state index in [-0.39, 0.29) is 11.8 Å².